The molecule has 0 fully saturated rings. The number of nitrogens with one attached hydrogen (secondary N) is 3. The Morgan fingerprint density at radius 3 is 1.59 bits per heavy atom. The molecule has 0 spiro atoms. The number of methoxy groups -OCH3 is 4. The van der Waals surface area contributed by atoms with Gasteiger partial charge < -0.3 is 51.3 Å². The van der Waals surface area contributed by atoms with Gasteiger partial charge in [-0.1, -0.05) is 50.3 Å². The molecule has 388 valence electrons. The number of carbonyl (C=O) groups excluding carboxylic acids is 2. The summed E-state index contributed by atoms with van der Waals surface area (Å²) in [4.78, 5) is 43.5. The first-order valence-electron chi connectivity index (χ1n) is 23.4. The van der Waals surface area contributed by atoms with E-state index < -0.39 is 11.6 Å². The number of fused-ring (bicyclic) bond motifs is 2. The van der Waals surface area contributed by atoms with E-state index in [1.165, 1.54) is 58.8 Å². The predicted molar refractivity (Wildman–Crippen MR) is 274 cm³/mol. The number of ether oxygens (including phenoxy) is 4. The van der Waals surface area contributed by atoms with Crippen LogP contribution in [0.15, 0.2) is 84.0 Å². The monoisotopic (exact) mass is 1030 g/mol. The van der Waals surface area contributed by atoms with Gasteiger partial charge in [-0.2, -0.15) is 4.98 Å². The van der Waals surface area contributed by atoms with E-state index in [0.29, 0.717) is 48.8 Å². The Morgan fingerprint density at radius 2 is 1.16 bits per heavy atom. The summed E-state index contributed by atoms with van der Waals surface area (Å²) in [7, 11) is 5.49. The van der Waals surface area contributed by atoms with Crippen LogP contribution in [0.4, 0.5) is 35.1 Å². The summed E-state index contributed by atoms with van der Waals surface area (Å²) in [5.41, 5.74) is 15.2. The van der Waals surface area contributed by atoms with Crippen molar-refractivity contribution in [3.8, 4) is 23.0 Å². The van der Waals surface area contributed by atoms with Crippen LogP contribution in [-0.4, -0.2) is 99.2 Å². The van der Waals surface area contributed by atoms with Gasteiger partial charge in [0.1, 0.15) is 34.3 Å². The highest BCUT2D eigenvalue weighted by atomic mass is 35.5. The van der Waals surface area contributed by atoms with Crippen molar-refractivity contribution in [3.05, 3.63) is 124 Å². The highest BCUT2D eigenvalue weighted by Gasteiger charge is 2.26. The fourth-order valence-electron chi connectivity index (χ4n) is 8.31. The highest BCUT2D eigenvalue weighted by molar-refractivity contribution is 6.28. The van der Waals surface area contributed by atoms with Crippen LogP contribution in [0.25, 0.3) is 21.8 Å². The van der Waals surface area contributed by atoms with E-state index in [0.717, 1.165) is 42.8 Å². The van der Waals surface area contributed by atoms with E-state index in [9.17, 15) is 22.8 Å². The molecule has 2 aliphatic heterocycles. The summed E-state index contributed by atoms with van der Waals surface area (Å²) in [5, 5.41) is 10.3. The van der Waals surface area contributed by atoms with Crippen molar-refractivity contribution in [2.24, 2.45) is 0 Å². The Bertz CT molecular complexity index is 2970. The number of aromatic nitrogens is 4. The molecule has 0 radical (unpaired) electrons. The van der Waals surface area contributed by atoms with Gasteiger partial charge in [-0.3, -0.25) is 9.59 Å². The molecule has 73 heavy (non-hydrogen) atoms. The fraction of sp³-hybridized carbons (Fsp3) is 0.346. The van der Waals surface area contributed by atoms with E-state index in [2.05, 4.69) is 35.9 Å². The number of hydrogen-bond acceptors (Lipinski definition) is 16. The van der Waals surface area contributed by atoms with Crippen molar-refractivity contribution in [2.45, 2.75) is 51.6 Å². The molecular weight excluding hydrogens is 972 g/mol. The number of Topliss-reactive ketones (excluding diaryl/α,β-unsaturated/α-hetero) is 2. The second-order valence-corrected chi connectivity index (χ2v) is 17.0. The van der Waals surface area contributed by atoms with Crippen LogP contribution < -0.4 is 51.3 Å². The normalized spacial score (nSPS) is 14.2. The summed E-state index contributed by atoms with van der Waals surface area (Å²) >= 11 is 5.62. The standard InChI is InChI=1S/C26H29F2N5O3.C16H21FN2O.C10H9ClFN3O2/c1-4-30-19(15-5-7-17(27)8-6-15)14-20(34)16-9-11-33(12-10-16)26-31-23-18(25(29)32-26)13-21(35-2)24(36-3)22(23)28;1-2-19-15(12-3-5-14(17)6-4-12)11-16(20)13-7-9-18-10-8-13;1-16-5-3-4-7(6(12)8(5)17-2)14-10(11)15-9(4)13/h5-9,13,19,30H,4,10-12,14H2,1-3H3,(H2,29,31,32);3-7,15,18-19H,2,8-11H2,1H3;3H,1-2H3,(H2,13,14,15)/t19-;15-;/m11./s1. The lowest BCUT2D eigenvalue weighted by Crippen LogP contribution is -2.32. The first kappa shape index (κ1) is 55.2. The molecule has 7 N–H and O–H groups in total. The Hall–Kier alpha value is -7.13. The van der Waals surface area contributed by atoms with Crippen LogP contribution in [0, 0.1) is 23.3 Å². The summed E-state index contributed by atoms with van der Waals surface area (Å²) in [6, 6.07) is 15.3. The Balaban J connectivity index is 0.000000197. The van der Waals surface area contributed by atoms with Crippen molar-refractivity contribution in [2.75, 3.05) is 84.1 Å². The van der Waals surface area contributed by atoms with E-state index >= 15 is 4.39 Å². The number of nitrogen functional groups attached to an aromatic ring is 2. The topological polar surface area (TPSA) is 214 Å². The third-order valence-electron chi connectivity index (χ3n) is 12.1. The van der Waals surface area contributed by atoms with Gasteiger partial charge in [-0.05, 0) is 103 Å². The van der Waals surface area contributed by atoms with Gasteiger partial charge in [-0.25, -0.2) is 32.5 Å². The first-order chi connectivity index (χ1) is 35.1. The number of carbonyl (C=O) groups is 2. The lowest BCUT2D eigenvalue weighted by atomic mass is 9.95. The maximum absolute atomic E-state index is 15.1. The minimum atomic E-state index is -0.683. The van der Waals surface area contributed by atoms with Crippen molar-refractivity contribution in [1.82, 2.24) is 35.9 Å². The number of benzene rings is 4. The molecule has 2 aromatic heterocycles. The van der Waals surface area contributed by atoms with Gasteiger partial charge in [0.25, 0.3) is 0 Å². The van der Waals surface area contributed by atoms with Crippen molar-refractivity contribution in [1.29, 1.82) is 0 Å². The summed E-state index contributed by atoms with van der Waals surface area (Å²) < 4.78 is 75.7. The summed E-state index contributed by atoms with van der Waals surface area (Å²) in [6.45, 7) is 7.89. The zero-order chi connectivity index (χ0) is 52.8. The van der Waals surface area contributed by atoms with E-state index in [-0.39, 0.29) is 98.6 Å². The zero-order valence-electron chi connectivity index (χ0n) is 41.4. The number of anilines is 3. The van der Waals surface area contributed by atoms with E-state index in [1.807, 2.05) is 30.9 Å². The van der Waals surface area contributed by atoms with E-state index in [1.54, 1.807) is 30.3 Å². The zero-order valence-corrected chi connectivity index (χ0v) is 42.1. The molecule has 0 bridgehead atoms. The molecular formula is C52H59ClF4N10O6. The Kier molecular flexibility index (Phi) is 19.7. The SMILES string of the molecule is CCN[C@H](CC(=O)C1=CCN(c2nc(N)c3cc(OC)c(OC)c(F)c3n2)CC1)c1ccc(F)cc1.CCN[C@H](CC(=O)C1=CCNCC1)c1ccc(F)cc1.COc1cc2c(N)nc(Cl)nc2c(F)c1OC. The molecule has 8 rings (SSSR count). The largest absolute Gasteiger partial charge is 0.493 e. The third kappa shape index (κ3) is 13.7. The third-order valence-corrected chi connectivity index (χ3v) is 12.2. The van der Waals surface area contributed by atoms with Gasteiger partial charge in [0.05, 0.1) is 28.4 Å². The van der Waals surface area contributed by atoms with Crippen molar-refractivity contribution >= 4 is 62.6 Å². The van der Waals surface area contributed by atoms with Gasteiger partial charge in [-0.15, -0.1) is 0 Å². The average molecular weight is 1030 g/mol. The molecule has 16 nitrogen and oxygen atoms in total. The molecule has 0 saturated carbocycles. The van der Waals surface area contributed by atoms with Crippen molar-refractivity contribution in [3.63, 3.8) is 0 Å². The van der Waals surface area contributed by atoms with E-state index in [4.69, 9.17) is 42.0 Å². The molecule has 0 aliphatic carbocycles. The highest BCUT2D eigenvalue weighted by Crippen LogP contribution is 2.39. The molecule has 0 amide bonds. The molecule has 21 heteroatoms. The molecule has 0 saturated heterocycles. The van der Waals surface area contributed by atoms with Crippen LogP contribution in [-0.2, 0) is 9.59 Å². The van der Waals surface area contributed by atoms with Gasteiger partial charge in [0, 0.05) is 55.3 Å². The predicted octanol–water partition coefficient (Wildman–Crippen LogP) is 8.33. The quantitative estimate of drug-likeness (QED) is 0.0429. The van der Waals surface area contributed by atoms with Gasteiger partial charge in [0.2, 0.25) is 11.2 Å². The van der Waals surface area contributed by atoms with Crippen molar-refractivity contribution < 1.29 is 46.1 Å². The molecule has 4 heterocycles. The number of halogens is 5. The number of rotatable bonds is 17. The maximum Gasteiger partial charge on any atom is 0.228 e. The average Bonchev–Trinajstić information content (AvgIpc) is 3.39. The molecule has 0 unspecified atom stereocenters. The summed E-state index contributed by atoms with van der Waals surface area (Å²) in [5.74, 6) is -0.945. The maximum atomic E-state index is 15.1. The van der Waals surface area contributed by atoms with Gasteiger partial charge >= 0.3 is 0 Å². The number of nitrogens with two attached hydrogens (primary N) is 2. The number of ketones is 2. The number of hydrogen-bond donors (Lipinski definition) is 5. The molecule has 4 aromatic carbocycles. The summed E-state index contributed by atoms with van der Waals surface area (Å²) in [6.07, 6.45) is 5.77. The molecule has 2 atom stereocenters. The van der Waals surface area contributed by atoms with Crippen LogP contribution >= 0.6 is 11.6 Å². The van der Waals surface area contributed by atoms with Gasteiger partial charge in [0.15, 0.2) is 46.2 Å². The molecule has 6 aromatic rings. The number of nitrogens with zero attached hydrogens (tertiary/aromatic N) is 5. The van der Waals surface area contributed by atoms with Crippen LogP contribution in [0.1, 0.15) is 62.7 Å². The van der Waals surface area contributed by atoms with Crippen LogP contribution in [0.5, 0.6) is 23.0 Å². The lowest BCUT2D eigenvalue weighted by molar-refractivity contribution is -0.117. The first-order valence-corrected chi connectivity index (χ1v) is 23.8. The second kappa shape index (κ2) is 26.0. The minimum absolute atomic E-state index is 0.000139. The second-order valence-electron chi connectivity index (χ2n) is 16.6. The smallest absolute Gasteiger partial charge is 0.228 e. The Labute approximate surface area is 425 Å². The Morgan fingerprint density at radius 1 is 0.685 bits per heavy atom. The lowest BCUT2D eigenvalue weighted by Gasteiger charge is -2.27. The van der Waals surface area contributed by atoms with Crippen LogP contribution in [0.3, 0.4) is 0 Å². The fourth-order valence-corrected chi connectivity index (χ4v) is 8.49. The van der Waals surface area contributed by atoms with Crippen LogP contribution in [0.2, 0.25) is 5.28 Å². The molecule has 2 aliphatic rings. The minimum Gasteiger partial charge on any atom is -0.493 e.